The molecule has 2 aromatic rings. The zero-order valence-electron chi connectivity index (χ0n) is 8.51. The fourth-order valence-electron chi connectivity index (χ4n) is 1.18. The number of halogens is 3. The van der Waals surface area contributed by atoms with E-state index < -0.39 is 8.72 Å². The Morgan fingerprint density at radius 3 is 2.22 bits per heavy atom. The van der Waals surface area contributed by atoms with Crippen LogP contribution in [0.25, 0.3) is 11.5 Å². The SMILES string of the molecule is O=[N+]([O-])c1ccc(-c2nnc(C(Cl)(Cl)Cl)o2)cc1. The van der Waals surface area contributed by atoms with Gasteiger partial charge >= 0.3 is 0 Å². The maximum atomic E-state index is 10.5. The standard InChI is InChI=1S/C9H4Cl3N3O3/c10-9(11,12)8-14-13-7(18-8)5-1-3-6(4-2-5)15(16)17/h1-4H. The molecule has 0 aliphatic carbocycles. The van der Waals surface area contributed by atoms with E-state index in [4.69, 9.17) is 39.2 Å². The van der Waals surface area contributed by atoms with Crippen LogP contribution >= 0.6 is 34.8 Å². The molecule has 0 saturated heterocycles. The number of nitrogens with zero attached hydrogens (tertiary/aromatic N) is 3. The minimum absolute atomic E-state index is 0.0418. The third kappa shape index (κ3) is 2.72. The summed E-state index contributed by atoms with van der Waals surface area (Å²) in [4.78, 5) is 9.98. The fraction of sp³-hybridized carbons (Fsp3) is 0.111. The first-order valence-corrected chi connectivity index (χ1v) is 5.67. The second-order valence-corrected chi connectivity index (χ2v) is 5.50. The molecule has 0 N–H and O–H groups in total. The largest absolute Gasteiger partial charge is 0.416 e. The van der Waals surface area contributed by atoms with E-state index in [1.807, 2.05) is 0 Å². The van der Waals surface area contributed by atoms with E-state index >= 15 is 0 Å². The van der Waals surface area contributed by atoms with Crippen LogP contribution in [0.1, 0.15) is 5.89 Å². The third-order valence-electron chi connectivity index (χ3n) is 1.99. The van der Waals surface area contributed by atoms with Gasteiger partial charge in [0.15, 0.2) is 0 Å². The topological polar surface area (TPSA) is 82.1 Å². The van der Waals surface area contributed by atoms with Crippen LogP contribution in [-0.4, -0.2) is 15.1 Å². The molecule has 0 radical (unpaired) electrons. The van der Waals surface area contributed by atoms with Gasteiger partial charge in [-0.15, -0.1) is 10.2 Å². The molecule has 0 bridgehead atoms. The summed E-state index contributed by atoms with van der Waals surface area (Å²) < 4.78 is 3.35. The third-order valence-corrected chi connectivity index (χ3v) is 2.48. The summed E-state index contributed by atoms with van der Waals surface area (Å²) in [6.45, 7) is 0. The monoisotopic (exact) mass is 307 g/mol. The first kappa shape index (κ1) is 13.1. The molecule has 0 aliphatic rings. The molecule has 6 nitrogen and oxygen atoms in total. The highest BCUT2D eigenvalue weighted by molar-refractivity contribution is 6.66. The van der Waals surface area contributed by atoms with E-state index in [1.165, 1.54) is 24.3 Å². The second kappa shape index (κ2) is 4.72. The lowest BCUT2D eigenvalue weighted by Crippen LogP contribution is -1.99. The van der Waals surface area contributed by atoms with Gasteiger partial charge in [-0.05, 0) is 12.1 Å². The molecule has 0 fully saturated rings. The van der Waals surface area contributed by atoms with Gasteiger partial charge in [0, 0.05) is 17.7 Å². The Hall–Kier alpha value is -1.37. The molecule has 2 rings (SSSR count). The second-order valence-electron chi connectivity index (χ2n) is 3.21. The van der Waals surface area contributed by atoms with Crippen LogP contribution in [0.4, 0.5) is 5.69 Å². The Morgan fingerprint density at radius 1 is 1.17 bits per heavy atom. The molecule has 0 aliphatic heterocycles. The highest BCUT2D eigenvalue weighted by Crippen LogP contribution is 2.38. The Balaban J connectivity index is 2.32. The summed E-state index contributed by atoms with van der Waals surface area (Å²) in [5.41, 5.74) is 0.452. The van der Waals surface area contributed by atoms with E-state index in [0.29, 0.717) is 5.56 Å². The van der Waals surface area contributed by atoms with Gasteiger partial charge in [-0.2, -0.15) is 0 Å². The van der Waals surface area contributed by atoms with E-state index in [-0.39, 0.29) is 17.5 Å². The van der Waals surface area contributed by atoms with Crippen molar-refractivity contribution >= 4 is 40.5 Å². The van der Waals surface area contributed by atoms with Gasteiger partial charge in [-0.1, -0.05) is 34.8 Å². The molecule has 0 saturated carbocycles. The summed E-state index contributed by atoms with van der Waals surface area (Å²) in [6, 6.07) is 5.56. The highest BCUT2D eigenvalue weighted by atomic mass is 35.6. The lowest BCUT2D eigenvalue weighted by Gasteiger charge is -2.02. The number of nitro groups is 1. The van der Waals surface area contributed by atoms with Crippen molar-refractivity contribution in [2.45, 2.75) is 3.79 Å². The number of hydrogen-bond acceptors (Lipinski definition) is 5. The first-order chi connectivity index (χ1) is 8.38. The maximum Gasteiger partial charge on any atom is 0.269 e. The van der Waals surface area contributed by atoms with Crippen LogP contribution < -0.4 is 0 Å². The van der Waals surface area contributed by atoms with Gasteiger partial charge in [0.2, 0.25) is 5.89 Å². The zero-order valence-corrected chi connectivity index (χ0v) is 10.8. The summed E-state index contributed by atoms with van der Waals surface area (Å²) in [6.07, 6.45) is 0. The molecule has 1 aromatic heterocycles. The average Bonchev–Trinajstić information content (AvgIpc) is 2.78. The normalized spacial score (nSPS) is 11.5. The van der Waals surface area contributed by atoms with E-state index in [2.05, 4.69) is 10.2 Å². The number of benzene rings is 1. The smallest absolute Gasteiger partial charge is 0.269 e. The van der Waals surface area contributed by atoms with E-state index in [0.717, 1.165) is 0 Å². The van der Waals surface area contributed by atoms with Gasteiger partial charge in [0.1, 0.15) is 0 Å². The summed E-state index contributed by atoms with van der Waals surface area (Å²) >= 11 is 16.7. The van der Waals surface area contributed by atoms with Gasteiger partial charge in [0.25, 0.3) is 15.4 Å². The van der Waals surface area contributed by atoms with E-state index in [1.54, 1.807) is 0 Å². The molecular weight excluding hydrogens is 304 g/mol. The number of non-ortho nitro benzene ring substituents is 1. The number of nitro benzene ring substituents is 1. The summed E-state index contributed by atoms with van der Waals surface area (Å²) in [5, 5.41) is 17.7. The lowest BCUT2D eigenvalue weighted by molar-refractivity contribution is -0.384. The quantitative estimate of drug-likeness (QED) is 0.482. The van der Waals surface area contributed by atoms with Crippen molar-refractivity contribution in [2.75, 3.05) is 0 Å². The Bertz CT molecular complexity index is 577. The summed E-state index contributed by atoms with van der Waals surface area (Å²) in [5.74, 6) is -0.0490. The van der Waals surface area contributed by atoms with Crippen LogP contribution in [-0.2, 0) is 3.79 Å². The maximum absolute atomic E-state index is 10.5. The number of hydrogen-bond donors (Lipinski definition) is 0. The molecule has 94 valence electrons. The van der Waals surface area contributed by atoms with Crippen molar-refractivity contribution < 1.29 is 9.34 Å². The lowest BCUT2D eigenvalue weighted by atomic mass is 10.2. The van der Waals surface area contributed by atoms with Crippen LogP contribution in [0.2, 0.25) is 0 Å². The predicted molar refractivity (Wildman–Crippen MR) is 65.6 cm³/mol. The Kier molecular flexibility index (Phi) is 3.43. The van der Waals surface area contributed by atoms with Gasteiger partial charge in [0.05, 0.1) is 4.92 Å². The van der Waals surface area contributed by atoms with Gasteiger partial charge in [-0.3, -0.25) is 10.1 Å². The average molecular weight is 309 g/mol. The highest BCUT2D eigenvalue weighted by Gasteiger charge is 2.30. The molecule has 0 unspecified atom stereocenters. The van der Waals surface area contributed by atoms with Crippen LogP contribution in [0.5, 0.6) is 0 Å². The van der Waals surface area contributed by atoms with Crippen molar-refractivity contribution in [1.82, 2.24) is 10.2 Å². The molecular formula is C9H4Cl3N3O3. The van der Waals surface area contributed by atoms with Crippen LogP contribution in [0.15, 0.2) is 28.7 Å². The molecule has 9 heteroatoms. The molecule has 1 heterocycles. The minimum atomic E-state index is -1.80. The van der Waals surface area contributed by atoms with Crippen molar-refractivity contribution in [2.24, 2.45) is 0 Å². The van der Waals surface area contributed by atoms with Crippen molar-refractivity contribution in [1.29, 1.82) is 0 Å². The van der Waals surface area contributed by atoms with Crippen molar-refractivity contribution in [3.8, 4) is 11.5 Å². The van der Waals surface area contributed by atoms with Crippen LogP contribution in [0.3, 0.4) is 0 Å². The predicted octanol–water partition coefficient (Wildman–Crippen LogP) is 3.47. The number of alkyl halides is 3. The molecule has 0 amide bonds. The Labute approximate surface area is 116 Å². The fourth-order valence-corrected chi connectivity index (χ4v) is 1.41. The molecule has 18 heavy (non-hydrogen) atoms. The number of rotatable bonds is 2. The Morgan fingerprint density at radius 2 is 1.78 bits per heavy atom. The van der Waals surface area contributed by atoms with Crippen molar-refractivity contribution in [3.05, 3.63) is 40.3 Å². The van der Waals surface area contributed by atoms with Gasteiger partial charge in [-0.25, -0.2) is 0 Å². The van der Waals surface area contributed by atoms with Crippen molar-refractivity contribution in [3.63, 3.8) is 0 Å². The zero-order chi connectivity index (χ0) is 13.3. The minimum Gasteiger partial charge on any atom is -0.416 e. The van der Waals surface area contributed by atoms with Crippen LogP contribution in [0, 0.1) is 10.1 Å². The molecule has 0 atom stereocenters. The molecule has 1 aromatic carbocycles. The first-order valence-electron chi connectivity index (χ1n) is 4.53. The van der Waals surface area contributed by atoms with Gasteiger partial charge < -0.3 is 4.42 Å². The summed E-state index contributed by atoms with van der Waals surface area (Å²) in [7, 11) is 0. The number of aromatic nitrogens is 2. The molecule has 0 spiro atoms. The van der Waals surface area contributed by atoms with E-state index in [9.17, 15) is 10.1 Å².